The molecular formula is C17H21N5O2. The van der Waals surface area contributed by atoms with E-state index >= 15 is 0 Å². The van der Waals surface area contributed by atoms with Crippen molar-refractivity contribution in [3.8, 4) is 0 Å². The largest absolute Gasteiger partial charge is 0.322 e. The van der Waals surface area contributed by atoms with Gasteiger partial charge in [-0.25, -0.2) is 4.79 Å². The van der Waals surface area contributed by atoms with E-state index in [2.05, 4.69) is 10.4 Å². The molecule has 1 aliphatic rings. The molecule has 2 aromatic rings. The first kappa shape index (κ1) is 16.0. The molecule has 0 atom stereocenters. The van der Waals surface area contributed by atoms with Crippen molar-refractivity contribution in [2.24, 2.45) is 7.05 Å². The van der Waals surface area contributed by atoms with Crippen LogP contribution >= 0.6 is 0 Å². The molecule has 1 aliphatic heterocycles. The number of hydrogen-bond donors (Lipinski definition) is 1. The highest BCUT2D eigenvalue weighted by Crippen LogP contribution is 2.25. The highest BCUT2D eigenvalue weighted by atomic mass is 16.2. The quantitative estimate of drug-likeness (QED) is 0.917. The summed E-state index contributed by atoms with van der Waals surface area (Å²) in [7, 11) is 3.55. The van der Waals surface area contributed by atoms with Crippen molar-refractivity contribution in [1.29, 1.82) is 0 Å². The SMILES string of the molecule is CCc1nn(C)cc1NC(=O)N1CC(=O)N(C)c2ccccc2C1. The van der Waals surface area contributed by atoms with Gasteiger partial charge in [-0.3, -0.25) is 9.48 Å². The van der Waals surface area contributed by atoms with Gasteiger partial charge in [-0.1, -0.05) is 25.1 Å². The minimum Gasteiger partial charge on any atom is -0.314 e. The van der Waals surface area contributed by atoms with Crippen molar-refractivity contribution in [3.63, 3.8) is 0 Å². The number of hydrogen-bond acceptors (Lipinski definition) is 3. The van der Waals surface area contributed by atoms with Gasteiger partial charge in [-0.05, 0) is 18.1 Å². The van der Waals surface area contributed by atoms with E-state index in [-0.39, 0.29) is 18.5 Å². The van der Waals surface area contributed by atoms with Crippen LogP contribution < -0.4 is 10.2 Å². The van der Waals surface area contributed by atoms with Gasteiger partial charge < -0.3 is 15.1 Å². The Morgan fingerprint density at radius 2 is 2.00 bits per heavy atom. The second-order valence-corrected chi connectivity index (χ2v) is 5.88. The van der Waals surface area contributed by atoms with Crippen molar-refractivity contribution in [1.82, 2.24) is 14.7 Å². The van der Waals surface area contributed by atoms with E-state index in [4.69, 9.17) is 0 Å². The normalized spacial score (nSPS) is 14.4. The predicted octanol–water partition coefficient (Wildman–Crippen LogP) is 1.99. The zero-order valence-corrected chi connectivity index (χ0v) is 14.1. The molecule has 3 amide bonds. The summed E-state index contributed by atoms with van der Waals surface area (Å²) in [6.07, 6.45) is 2.50. The molecule has 0 radical (unpaired) electrons. The van der Waals surface area contributed by atoms with Crippen LogP contribution in [0.25, 0.3) is 0 Å². The number of amides is 3. The Morgan fingerprint density at radius 3 is 2.75 bits per heavy atom. The van der Waals surface area contributed by atoms with Gasteiger partial charge in [0.25, 0.3) is 0 Å². The molecule has 0 bridgehead atoms. The van der Waals surface area contributed by atoms with Gasteiger partial charge in [0.2, 0.25) is 5.91 Å². The molecule has 0 saturated carbocycles. The fraction of sp³-hybridized carbons (Fsp3) is 0.353. The fourth-order valence-corrected chi connectivity index (χ4v) is 2.87. The summed E-state index contributed by atoms with van der Waals surface area (Å²) in [6.45, 7) is 2.41. The van der Waals surface area contributed by atoms with Crippen LogP contribution in [0.1, 0.15) is 18.2 Å². The lowest BCUT2D eigenvalue weighted by atomic mass is 10.1. The number of nitrogens with zero attached hydrogens (tertiary/aromatic N) is 4. The van der Waals surface area contributed by atoms with Gasteiger partial charge in [-0.15, -0.1) is 0 Å². The predicted molar refractivity (Wildman–Crippen MR) is 91.9 cm³/mol. The van der Waals surface area contributed by atoms with E-state index in [1.165, 1.54) is 4.90 Å². The number of fused-ring (bicyclic) bond motifs is 1. The van der Waals surface area contributed by atoms with Crippen LogP contribution in [0.5, 0.6) is 0 Å². The van der Waals surface area contributed by atoms with E-state index < -0.39 is 0 Å². The number of carbonyl (C=O) groups is 2. The number of carbonyl (C=O) groups excluding carboxylic acids is 2. The van der Waals surface area contributed by atoms with Gasteiger partial charge in [-0.2, -0.15) is 5.10 Å². The lowest BCUT2D eigenvalue weighted by Crippen LogP contribution is -2.40. The zero-order valence-electron chi connectivity index (χ0n) is 14.1. The van der Waals surface area contributed by atoms with E-state index in [0.29, 0.717) is 12.2 Å². The average molecular weight is 327 g/mol. The Morgan fingerprint density at radius 1 is 1.25 bits per heavy atom. The Hall–Kier alpha value is -2.83. The molecule has 0 fully saturated rings. The Kier molecular flexibility index (Phi) is 4.24. The molecule has 126 valence electrons. The lowest BCUT2D eigenvalue weighted by molar-refractivity contribution is -0.118. The maximum Gasteiger partial charge on any atom is 0.322 e. The molecule has 1 aromatic carbocycles. The number of anilines is 2. The summed E-state index contributed by atoms with van der Waals surface area (Å²) in [5.41, 5.74) is 3.30. The molecule has 0 saturated heterocycles. The molecule has 0 aliphatic carbocycles. The molecule has 7 nitrogen and oxygen atoms in total. The lowest BCUT2D eigenvalue weighted by Gasteiger charge is -2.20. The van der Waals surface area contributed by atoms with Crippen LogP contribution in [-0.2, 0) is 24.8 Å². The third-order valence-electron chi connectivity index (χ3n) is 4.18. The van der Waals surface area contributed by atoms with Crippen LogP contribution in [-0.4, -0.2) is 40.2 Å². The number of urea groups is 1. The number of rotatable bonds is 2. The number of para-hydroxylation sites is 1. The highest BCUT2D eigenvalue weighted by Gasteiger charge is 2.27. The van der Waals surface area contributed by atoms with Crippen LogP contribution in [0.3, 0.4) is 0 Å². The van der Waals surface area contributed by atoms with Crippen LogP contribution in [0.15, 0.2) is 30.5 Å². The van der Waals surface area contributed by atoms with Gasteiger partial charge in [0.05, 0.1) is 17.9 Å². The first-order valence-corrected chi connectivity index (χ1v) is 7.92. The zero-order chi connectivity index (χ0) is 17.3. The molecule has 2 heterocycles. The molecule has 0 unspecified atom stereocenters. The third kappa shape index (κ3) is 2.97. The Bertz CT molecular complexity index is 783. The van der Waals surface area contributed by atoms with Crippen molar-refractivity contribution in [3.05, 3.63) is 41.7 Å². The number of aromatic nitrogens is 2. The fourth-order valence-electron chi connectivity index (χ4n) is 2.87. The number of aryl methyl sites for hydroxylation is 2. The summed E-state index contributed by atoms with van der Waals surface area (Å²) < 4.78 is 1.67. The minimum absolute atomic E-state index is 0.0404. The summed E-state index contributed by atoms with van der Waals surface area (Å²) in [4.78, 5) is 28.2. The van der Waals surface area contributed by atoms with E-state index in [1.807, 2.05) is 38.2 Å². The highest BCUT2D eigenvalue weighted by molar-refractivity contribution is 5.99. The second kappa shape index (κ2) is 6.35. The van der Waals surface area contributed by atoms with Crippen molar-refractivity contribution in [2.75, 3.05) is 23.8 Å². The van der Waals surface area contributed by atoms with E-state index in [0.717, 1.165) is 23.4 Å². The van der Waals surface area contributed by atoms with Crippen LogP contribution in [0.2, 0.25) is 0 Å². The Labute approximate surface area is 140 Å². The van der Waals surface area contributed by atoms with Crippen LogP contribution in [0.4, 0.5) is 16.2 Å². The summed E-state index contributed by atoms with van der Waals surface area (Å²) in [5.74, 6) is -0.114. The number of benzene rings is 1. The second-order valence-electron chi connectivity index (χ2n) is 5.88. The average Bonchev–Trinajstić information content (AvgIpc) is 2.86. The van der Waals surface area contributed by atoms with Crippen molar-refractivity contribution in [2.45, 2.75) is 19.9 Å². The summed E-state index contributed by atoms with van der Waals surface area (Å²) in [5, 5.41) is 7.20. The van der Waals surface area contributed by atoms with Gasteiger partial charge in [0.15, 0.2) is 0 Å². The Balaban J connectivity index is 1.84. The molecule has 3 rings (SSSR count). The maximum absolute atomic E-state index is 12.7. The molecule has 24 heavy (non-hydrogen) atoms. The first-order chi connectivity index (χ1) is 11.5. The minimum atomic E-state index is -0.295. The molecular weight excluding hydrogens is 306 g/mol. The maximum atomic E-state index is 12.7. The number of likely N-dealkylation sites (N-methyl/N-ethyl adjacent to an activating group) is 1. The molecule has 7 heteroatoms. The third-order valence-corrected chi connectivity index (χ3v) is 4.18. The van der Waals surface area contributed by atoms with Crippen molar-refractivity contribution < 1.29 is 9.59 Å². The molecule has 1 N–H and O–H groups in total. The summed E-state index contributed by atoms with van der Waals surface area (Å²) in [6, 6.07) is 7.34. The van der Waals surface area contributed by atoms with Crippen LogP contribution in [0, 0.1) is 0 Å². The van der Waals surface area contributed by atoms with Gasteiger partial charge >= 0.3 is 6.03 Å². The topological polar surface area (TPSA) is 70.5 Å². The number of nitrogens with one attached hydrogen (secondary N) is 1. The van der Waals surface area contributed by atoms with E-state index in [9.17, 15) is 9.59 Å². The molecule has 0 spiro atoms. The van der Waals surface area contributed by atoms with Gasteiger partial charge in [0.1, 0.15) is 6.54 Å². The standard InChI is InChI=1S/C17H21N5O2/c1-4-13-14(10-20(2)19-13)18-17(24)22-9-12-7-5-6-8-15(12)21(3)16(23)11-22/h5-8,10H,4,9,11H2,1-3H3,(H,18,24). The monoisotopic (exact) mass is 327 g/mol. The van der Waals surface area contributed by atoms with Gasteiger partial charge in [0, 0.05) is 26.0 Å². The smallest absolute Gasteiger partial charge is 0.314 e. The van der Waals surface area contributed by atoms with E-state index in [1.54, 1.807) is 22.8 Å². The first-order valence-electron chi connectivity index (χ1n) is 7.92. The molecule has 1 aromatic heterocycles. The van der Waals surface area contributed by atoms with Crippen molar-refractivity contribution >= 4 is 23.3 Å². The summed E-state index contributed by atoms with van der Waals surface area (Å²) >= 11 is 0.